The van der Waals surface area contributed by atoms with Crippen LogP contribution < -0.4 is 10.5 Å². The Balaban J connectivity index is 1.33. The van der Waals surface area contributed by atoms with E-state index in [0.717, 1.165) is 44.3 Å². The molecule has 2 aromatic carbocycles. The Hall–Kier alpha value is -3.00. The Morgan fingerprint density at radius 1 is 1.00 bits per heavy atom. The molecule has 2 heterocycles. The zero-order chi connectivity index (χ0) is 26.6. The van der Waals surface area contributed by atoms with Gasteiger partial charge in [0.15, 0.2) is 11.6 Å². The number of likely N-dealkylation sites (tertiary alicyclic amines) is 2. The molecule has 0 bridgehead atoms. The first-order valence-corrected chi connectivity index (χ1v) is 13.1. The molecule has 1 atom stereocenters. The predicted octanol–water partition coefficient (Wildman–Crippen LogP) is 4.81. The molecule has 0 unspecified atom stereocenters. The van der Waals surface area contributed by atoms with E-state index >= 15 is 0 Å². The summed E-state index contributed by atoms with van der Waals surface area (Å²) in [6, 6.07) is 11.2. The van der Waals surface area contributed by atoms with E-state index in [2.05, 4.69) is 4.90 Å². The zero-order valence-corrected chi connectivity index (χ0v) is 21.7. The van der Waals surface area contributed by atoms with Gasteiger partial charge < -0.3 is 20.3 Å². The summed E-state index contributed by atoms with van der Waals surface area (Å²) >= 11 is 0. The smallest absolute Gasteiger partial charge is 0.254 e. The predicted molar refractivity (Wildman–Crippen MR) is 140 cm³/mol. The Labute approximate surface area is 217 Å². The van der Waals surface area contributed by atoms with Crippen LogP contribution in [0.3, 0.4) is 0 Å². The fourth-order valence-electron chi connectivity index (χ4n) is 5.29. The van der Waals surface area contributed by atoms with Gasteiger partial charge in [-0.05, 0) is 100 Å². The van der Waals surface area contributed by atoms with Crippen molar-refractivity contribution in [3.63, 3.8) is 0 Å². The quantitative estimate of drug-likeness (QED) is 0.550. The van der Waals surface area contributed by atoms with Gasteiger partial charge in [0.25, 0.3) is 5.91 Å². The number of hydrogen-bond acceptors (Lipinski definition) is 4. The number of hydrogen-bond donors (Lipinski definition) is 1. The molecule has 0 saturated carbocycles. The van der Waals surface area contributed by atoms with Crippen molar-refractivity contribution in [2.24, 2.45) is 11.7 Å². The molecule has 0 aromatic heterocycles. The highest BCUT2D eigenvalue weighted by Gasteiger charge is 2.31. The van der Waals surface area contributed by atoms with Gasteiger partial charge in [-0.3, -0.25) is 9.59 Å². The highest BCUT2D eigenvalue weighted by atomic mass is 19.1. The van der Waals surface area contributed by atoms with Crippen molar-refractivity contribution in [1.29, 1.82) is 0 Å². The van der Waals surface area contributed by atoms with Crippen LogP contribution >= 0.6 is 0 Å². The van der Waals surface area contributed by atoms with Gasteiger partial charge in [-0.15, -0.1) is 0 Å². The minimum absolute atomic E-state index is 0.213. The summed E-state index contributed by atoms with van der Waals surface area (Å²) < 4.78 is 34.5. The van der Waals surface area contributed by atoms with Crippen LogP contribution in [0.15, 0.2) is 42.5 Å². The van der Waals surface area contributed by atoms with Crippen molar-refractivity contribution in [2.45, 2.75) is 57.7 Å². The second kappa shape index (κ2) is 11.6. The van der Waals surface area contributed by atoms with Crippen LogP contribution in [0.5, 0.6) is 5.75 Å². The van der Waals surface area contributed by atoms with Crippen LogP contribution in [0.2, 0.25) is 0 Å². The third-order valence-electron chi connectivity index (χ3n) is 7.27. The monoisotopic (exact) mass is 513 g/mol. The lowest BCUT2D eigenvalue weighted by atomic mass is 9.96. The number of primary amides is 1. The lowest BCUT2D eigenvalue weighted by Crippen LogP contribution is -2.50. The molecule has 2 N–H and O–H groups in total. The van der Waals surface area contributed by atoms with Crippen LogP contribution in [-0.4, -0.2) is 66.1 Å². The Kier molecular flexibility index (Phi) is 8.47. The number of benzene rings is 2. The van der Waals surface area contributed by atoms with Crippen molar-refractivity contribution in [2.75, 3.05) is 32.8 Å². The minimum atomic E-state index is -1.20. The minimum Gasteiger partial charge on any atom is -0.490 e. The second-order valence-corrected chi connectivity index (χ2v) is 10.9. The zero-order valence-electron chi connectivity index (χ0n) is 21.7. The number of piperidine rings is 2. The number of halogens is 2. The summed E-state index contributed by atoms with van der Waals surface area (Å²) in [4.78, 5) is 28.4. The summed E-state index contributed by atoms with van der Waals surface area (Å²) in [5.41, 5.74) is 6.22. The van der Waals surface area contributed by atoms with E-state index < -0.39 is 23.4 Å². The van der Waals surface area contributed by atoms with E-state index in [-0.39, 0.29) is 11.7 Å². The molecule has 37 heavy (non-hydrogen) atoms. The molecule has 2 aliphatic rings. The summed E-state index contributed by atoms with van der Waals surface area (Å²) in [7, 11) is 0. The third kappa shape index (κ3) is 7.06. The van der Waals surface area contributed by atoms with Crippen molar-refractivity contribution in [3.05, 3.63) is 53.8 Å². The van der Waals surface area contributed by atoms with Crippen LogP contribution in [0.25, 0.3) is 11.1 Å². The van der Waals surface area contributed by atoms with E-state index in [1.807, 2.05) is 0 Å². The van der Waals surface area contributed by atoms with Crippen LogP contribution in [0.1, 0.15) is 56.3 Å². The van der Waals surface area contributed by atoms with Gasteiger partial charge >= 0.3 is 0 Å². The van der Waals surface area contributed by atoms with Crippen LogP contribution in [0.4, 0.5) is 8.78 Å². The van der Waals surface area contributed by atoms with Crippen LogP contribution in [0, 0.1) is 11.7 Å². The van der Waals surface area contributed by atoms with Gasteiger partial charge in [-0.25, -0.2) is 8.78 Å². The van der Waals surface area contributed by atoms with Crippen molar-refractivity contribution in [3.8, 4) is 16.9 Å². The van der Waals surface area contributed by atoms with Gasteiger partial charge in [0.2, 0.25) is 5.91 Å². The lowest BCUT2D eigenvalue weighted by molar-refractivity contribution is -0.123. The van der Waals surface area contributed by atoms with Gasteiger partial charge in [0.1, 0.15) is 11.7 Å². The van der Waals surface area contributed by atoms with Crippen molar-refractivity contribution in [1.82, 2.24) is 9.80 Å². The normalized spacial score (nSPS) is 19.6. The van der Waals surface area contributed by atoms with Gasteiger partial charge in [0, 0.05) is 18.7 Å². The molecule has 0 spiro atoms. The second-order valence-electron chi connectivity index (χ2n) is 10.9. The molecule has 2 saturated heterocycles. The third-order valence-corrected chi connectivity index (χ3v) is 7.27. The maximum Gasteiger partial charge on any atom is 0.254 e. The molecule has 2 aromatic rings. The Morgan fingerprint density at radius 2 is 1.68 bits per heavy atom. The molecule has 0 radical (unpaired) electrons. The summed E-state index contributed by atoms with van der Waals surface area (Å²) in [6.07, 6.45) is 4.11. The average molecular weight is 514 g/mol. The maximum atomic E-state index is 14.8. The number of alkyl halides is 1. The van der Waals surface area contributed by atoms with Gasteiger partial charge in [-0.2, -0.15) is 0 Å². The number of ether oxygens (including phenoxy) is 1. The summed E-state index contributed by atoms with van der Waals surface area (Å²) in [5.74, 6) is -0.604. The fraction of sp³-hybridized carbons (Fsp3) is 0.517. The number of nitrogens with two attached hydrogens (primary N) is 1. The maximum absolute atomic E-state index is 14.8. The number of rotatable bonds is 8. The molecular weight excluding hydrogens is 476 g/mol. The van der Waals surface area contributed by atoms with Crippen LogP contribution in [-0.2, 0) is 4.79 Å². The first-order chi connectivity index (χ1) is 17.6. The highest BCUT2D eigenvalue weighted by Crippen LogP contribution is 2.28. The molecule has 200 valence electrons. The number of carbonyl (C=O) groups is 2. The van der Waals surface area contributed by atoms with E-state index in [9.17, 15) is 18.4 Å². The topological polar surface area (TPSA) is 75.9 Å². The van der Waals surface area contributed by atoms with E-state index in [1.165, 1.54) is 6.07 Å². The van der Waals surface area contributed by atoms with Crippen molar-refractivity contribution < 1.29 is 23.1 Å². The highest BCUT2D eigenvalue weighted by molar-refractivity contribution is 5.97. The number of amides is 2. The van der Waals surface area contributed by atoms with Gasteiger partial charge in [-0.1, -0.05) is 18.2 Å². The molecule has 2 aliphatic heterocycles. The SMILES string of the molecule is CC(C)(F)CN1CCC(COc2ccc(-c3ccc(C(=O)N4CCCC[C@@H]4C(N)=O)cc3)cc2F)CC1. The lowest BCUT2D eigenvalue weighted by Gasteiger charge is -2.34. The molecular formula is C29H37F2N3O3. The molecule has 2 amide bonds. The van der Waals surface area contributed by atoms with E-state index in [4.69, 9.17) is 10.5 Å². The molecule has 8 heteroatoms. The number of nitrogens with zero attached hydrogens (tertiary/aromatic N) is 2. The van der Waals surface area contributed by atoms with Gasteiger partial charge in [0.05, 0.1) is 6.61 Å². The molecule has 2 fully saturated rings. The van der Waals surface area contributed by atoms with E-state index in [1.54, 1.807) is 55.1 Å². The molecule has 6 nitrogen and oxygen atoms in total. The standard InChI is InChI=1S/C29H37F2N3O3/c1-29(2,31)19-33-15-12-20(13-16-33)18-37-26-11-10-23(17-24(26)30)21-6-8-22(9-7-21)28(36)34-14-4-3-5-25(34)27(32)35/h6-11,17,20,25H,3-5,12-16,18-19H2,1-2H3,(H2,32,35)/t25-/m1/s1. The molecule has 0 aliphatic carbocycles. The largest absolute Gasteiger partial charge is 0.490 e. The molecule has 4 rings (SSSR count). The fourth-order valence-corrected chi connectivity index (χ4v) is 5.29. The summed E-state index contributed by atoms with van der Waals surface area (Å²) in [6.45, 7) is 6.21. The number of carbonyl (C=O) groups excluding carboxylic acids is 2. The first-order valence-electron chi connectivity index (χ1n) is 13.1. The Bertz CT molecular complexity index is 1090. The summed E-state index contributed by atoms with van der Waals surface area (Å²) in [5, 5.41) is 0. The van der Waals surface area contributed by atoms with E-state index in [0.29, 0.717) is 43.2 Å². The average Bonchev–Trinajstić information content (AvgIpc) is 2.87. The first kappa shape index (κ1) is 27.0. The van der Waals surface area contributed by atoms with Crippen molar-refractivity contribution >= 4 is 11.8 Å². The Morgan fingerprint density at radius 3 is 2.30 bits per heavy atom.